The molecule has 2 saturated heterocycles. The molecule has 0 amide bonds. The van der Waals surface area contributed by atoms with Crippen LogP contribution in [-0.2, 0) is 34.6 Å². The molecule has 5 saturated carbocycles. The maximum atomic E-state index is 14.7. The van der Waals surface area contributed by atoms with Crippen molar-refractivity contribution in [3.63, 3.8) is 0 Å². The molecule has 12 heteroatoms. The first-order valence-corrected chi connectivity index (χ1v) is 16.1. The number of methoxy groups -OCH3 is 3. The molecule has 7 bridgehead atoms. The first-order chi connectivity index (χ1) is 21.4. The average Bonchev–Trinajstić information content (AvgIpc) is 3.59. The number of carbonyl (C=O) groups excluding carboxylic acids is 1. The molecule has 1 aromatic rings. The number of halogens is 4. The molecule has 0 radical (unpaired) electrons. The number of fused-ring (bicyclic) bond motifs is 1. The Balaban J connectivity index is 1.35. The van der Waals surface area contributed by atoms with Crippen LogP contribution in [0.1, 0.15) is 55.5 Å². The van der Waals surface area contributed by atoms with Gasteiger partial charge in [-0.1, -0.05) is 13.8 Å². The Morgan fingerprint density at radius 3 is 2.56 bits per heavy atom. The van der Waals surface area contributed by atoms with Crippen molar-refractivity contribution < 1.29 is 50.8 Å². The Labute approximate surface area is 260 Å². The summed E-state index contributed by atoms with van der Waals surface area (Å²) in [4.78, 5) is 16.5. The van der Waals surface area contributed by atoms with Crippen molar-refractivity contribution in [2.75, 3.05) is 41.2 Å². The van der Waals surface area contributed by atoms with Gasteiger partial charge in [-0.05, 0) is 55.3 Å². The average molecular weight is 640 g/mol. The molecule has 8 nitrogen and oxygen atoms in total. The molecule has 7 fully saturated rings. The van der Waals surface area contributed by atoms with Gasteiger partial charge in [0.1, 0.15) is 24.3 Å². The number of carbonyl (C=O) groups is 1. The van der Waals surface area contributed by atoms with Crippen LogP contribution in [0.5, 0.6) is 0 Å². The summed E-state index contributed by atoms with van der Waals surface area (Å²) in [5.74, 6) is -2.45. The number of nitrogens with zero attached hydrogens (tertiary/aromatic N) is 1. The number of alkyl halides is 3. The van der Waals surface area contributed by atoms with Gasteiger partial charge in [0.05, 0.1) is 35.5 Å². The maximum absolute atomic E-state index is 14.7. The second kappa shape index (κ2) is 9.63. The van der Waals surface area contributed by atoms with Crippen molar-refractivity contribution in [2.45, 2.75) is 87.4 Å². The lowest BCUT2D eigenvalue weighted by molar-refractivity contribution is -0.282. The summed E-state index contributed by atoms with van der Waals surface area (Å²) in [7, 11) is 5.20. The van der Waals surface area contributed by atoms with Crippen LogP contribution in [0.3, 0.4) is 0 Å². The molecule has 0 N–H and O–H groups in total. The summed E-state index contributed by atoms with van der Waals surface area (Å²) in [5.41, 5.74) is -4.57. The molecule has 3 spiro atoms. The highest BCUT2D eigenvalue weighted by molar-refractivity contribution is 5.89. The van der Waals surface area contributed by atoms with Crippen molar-refractivity contribution in [2.24, 2.45) is 34.5 Å². The topological polar surface area (TPSA) is 75.7 Å². The van der Waals surface area contributed by atoms with E-state index in [1.54, 1.807) is 21.3 Å². The third-order valence-corrected chi connectivity index (χ3v) is 13.5. The number of hydrogen-bond donors (Lipinski definition) is 0. The van der Waals surface area contributed by atoms with E-state index in [2.05, 4.69) is 18.7 Å². The molecule has 248 valence electrons. The van der Waals surface area contributed by atoms with E-state index >= 15 is 0 Å². The lowest BCUT2D eigenvalue weighted by Gasteiger charge is -2.69. The highest BCUT2D eigenvalue weighted by Gasteiger charge is 2.94. The van der Waals surface area contributed by atoms with Gasteiger partial charge >= 0.3 is 12.1 Å². The number of esters is 1. The lowest BCUT2D eigenvalue weighted by Crippen LogP contribution is -2.81. The zero-order valence-electron chi connectivity index (χ0n) is 26.2. The van der Waals surface area contributed by atoms with Gasteiger partial charge in [0, 0.05) is 57.5 Å². The first kappa shape index (κ1) is 30.5. The van der Waals surface area contributed by atoms with Gasteiger partial charge in [-0.15, -0.1) is 0 Å². The Morgan fingerprint density at radius 2 is 1.91 bits per heavy atom. The second-order valence-electron chi connectivity index (χ2n) is 14.7. The van der Waals surface area contributed by atoms with E-state index in [0.29, 0.717) is 18.6 Å². The molecule has 0 aromatic heterocycles. The first-order valence-electron chi connectivity index (χ1n) is 16.1. The maximum Gasteiger partial charge on any atom is 0.419 e. The van der Waals surface area contributed by atoms with E-state index in [1.807, 2.05) is 0 Å². The minimum Gasteiger partial charge on any atom is -0.455 e. The standard InChI is InChI=1S/C33H41F4NO7/c1-6-38-14-29(2)10-9-22(41-4)31-19-12-17-21(40-3)13-30(23(19)24(17)42-5)32(28(31)38,44-15-43-30)26(25(29)31)45-27(39)16-7-8-18(20(34)11-16)33(35,36)37/h7-8,11,17,19,21-26,28H,6,9-10,12-15H2,1-5H3/t17-,19-,21+,22+,23-,24+,25-,26+,28-,29+,30-,31+,32+/m1/s1. The molecule has 2 heterocycles. The van der Waals surface area contributed by atoms with Crippen molar-refractivity contribution in [3.8, 4) is 0 Å². The quantitative estimate of drug-likeness (QED) is 0.328. The summed E-state index contributed by atoms with van der Waals surface area (Å²) in [6.07, 6.45) is -3.19. The van der Waals surface area contributed by atoms with Crippen molar-refractivity contribution in [1.29, 1.82) is 0 Å². The SMILES string of the molecule is CCN1C[C@]2(C)CC[C@H](OC)[C@]34[C@@H]5C[C@H]6[C@H](OC)[C@@H]5[C@@]5(C[C@@H]6OC)OCO[C@]5([C@H]13)[C@@H](OC(=O)c1ccc(C(F)(F)F)c(F)c1)[C@H]24. The van der Waals surface area contributed by atoms with Gasteiger partial charge in [-0.3, -0.25) is 4.90 Å². The highest BCUT2D eigenvalue weighted by atomic mass is 19.4. The normalized spacial score (nSPS) is 49.2. The molecular weight excluding hydrogens is 598 g/mol. The summed E-state index contributed by atoms with van der Waals surface area (Å²) in [5, 5.41) is 0. The zero-order valence-corrected chi connectivity index (χ0v) is 26.2. The summed E-state index contributed by atoms with van der Waals surface area (Å²) in [6, 6.07) is 1.98. The smallest absolute Gasteiger partial charge is 0.419 e. The molecule has 13 atom stereocenters. The number of hydrogen-bond acceptors (Lipinski definition) is 8. The Kier molecular flexibility index (Phi) is 6.52. The van der Waals surface area contributed by atoms with Crippen molar-refractivity contribution in [1.82, 2.24) is 4.90 Å². The fourth-order valence-corrected chi connectivity index (χ4v) is 12.6. The Morgan fingerprint density at radius 1 is 1.13 bits per heavy atom. The summed E-state index contributed by atoms with van der Waals surface area (Å²) in [6.45, 7) is 5.89. The Bertz CT molecular complexity index is 1410. The number of rotatable bonds is 6. The van der Waals surface area contributed by atoms with Gasteiger partial charge in [0.2, 0.25) is 0 Å². The third kappa shape index (κ3) is 3.37. The highest BCUT2D eigenvalue weighted by Crippen LogP contribution is 2.82. The molecule has 2 aliphatic heterocycles. The van der Waals surface area contributed by atoms with E-state index < -0.39 is 46.2 Å². The van der Waals surface area contributed by atoms with Gasteiger partial charge in [0.15, 0.2) is 5.60 Å². The van der Waals surface area contributed by atoms with Crippen LogP contribution < -0.4 is 0 Å². The molecule has 1 aromatic carbocycles. The zero-order chi connectivity index (χ0) is 31.9. The third-order valence-electron chi connectivity index (χ3n) is 13.5. The van der Waals surface area contributed by atoms with Crippen LogP contribution in [0, 0.1) is 40.3 Å². The second-order valence-corrected chi connectivity index (χ2v) is 14.7. The van der Waals surface area contributed by atoms with Crippen LogP contribution in [-0.4, -0.2) is 93.7 Å². The van der Waals surface area contributed by atoms with Gasteiger partial charge in [0.25, 0.3) is 0 Å². The summed E-state index contributed by atoms with van der Waals surface area (Å²) >= 11 is 0. The number of likely N-dealkylation sites (tertiary alicyclic amines) is 1. The lowest BCUT2D eigenvalue weighted by atomic mass is 9.43. The molecule has 5 aliphatic carbocycles. The Hall–Kier alpha value is -1.83. The van der Waals surface area contributed by atoms with Crippen LogP contribution in [0.2, 0.25) is 0 Å². The molecule has 8 rings (SSSR count). The largest absolute Gasteiger partial charge is 0.455 e. The molecular formula is C33H41F4NO7. The van der Waals surface area contributed by atoms with Gasteiger partial charge in [-0.2, -0.15) is 13.2 Å². The van der Waals surface area contributed by atoms with Crippen LogP contribution in [0.25, 0.3) is 0 Å². The van der Waals surface area contributed by atoms with Gasteiger partial charge in [-0.25, -0.2) is 9.18 Å². The van der Waals surface area contributed by atoms with E-state index in [4.69, 9.17) is 28.4 Å². The number of likely N-dealkylation sites (N-methyl/N-ethyl adjacent to an activating group) is 1. The number of piperidine rings is 1. The van der Waals surface area contributed by atoms with Crippen LogP contribution in [0.15, 0.2) is 18.2 Å². The van der Waals surface area contributed by atoms with Crippen LogP contribution >= 0.6 is 0 Å². The minimum absolute atomic E-state index is 0.00503. The van der Waals surface area contributed by atoms with E-state index in [9.17, 15) is 22.4 Å². The van der Waals surface area contributed by atoms with Gasteiger partial charge < -0.3 is 28.4 Å². The summed E-state index contributed by atoms with van der Waals surface area (Å²) < 4.78 is 94.1. The minimum atomic E-state index is -4.89. The van der Waals surface area contributed by atoms with Crippen molar-refractivity contribution >= 4 is 5.97 Å². The van der Waals surface area contributed by atoms with E-state index in [0.717, 1.165) is 38.4 Å². The van der Waals surface area contributed by atoms with E-state index in [1.165, 1.54) is 0 Å². The monoisotopic (exact) mass is 639 g/mol. The predicted octanol–water partition coefficient (Wildman–Crippen LogP) is 4.69. The molecule has 7 aliphatic rings. The van der Waals surface area contributed by atoms with Crippen LogP contribution in [0.4, 0.5) is 17.6 Å². The fraction of sp³-hybridized carbons (Fsp3) is 0.788. The number of ether oxygens (including phenoxy) is 6. The van der Waals surface area contributed by atoms with Crippen molar-refractivity contribution in [3.05, 3.63) is 35.1 Å². The molecule has 0 unspecified atom stereocenters. The fourth-order valence-electron chi connectivity index (χ4n) is 12.6. The molecule has 45 heavy (non-hydrogen) atoms. The predicted molar refractivity (Wildman–Crippen MR) is 149 cm³/mol. The van der Waals surface area contributed by atoms with E-state index in [-0.39, 0.29) is 65.8 Å². The number of benzene rings is 1.